The van der Waals surface area contributed by atoms with E-state index in [9.17, 15) is 9.90 Å². The summed E-state index contributed by atoms with van der Waals surface area (Å²) >= 11 is 0. The molecule has 13 heavy (non-hydrogen) atoms. The zero-order valence-electron chi connectivity index (χ0n) is 6.38. The highest BCUT2D eigenvalue weighted by molar-refractivity contribution is 5.92. The molecule has 0 atom stereocenters. The van der Waals surface area contributed by atoms with Gasteiger partial charge in [0.25, 0.3) is 0 Å². The van der Waals surface area contributed by atoms with Crippen LogP contribution < -0.4 is 0 Å². The first-order valence-electron chi connectivity index (χ1n) is 3.45. The summed E-state index contributed by atoms with van der Waals surface area (Å²) in [6, 6.07) is 0. The lowest BCUT2D eigenvalue weighted by atomic mass is 10.3. The molecule has 0 saturated carbocycles. The number of imidazole rings is 1. The van der Waals surface area contributed by atoms with E-state index in [1.165, 1.54) is 16.9 Å². The molecule has 2 aromatic heterocycles. The number of rotatable bonds is 1. The summed E-state index contributed by atoms with van der Waals surface area (Å²) in [5.74, 6) is -1.59. The van der Waals surface area contributed by atoms with Crippen LogP contribution in [0.3, 0.4) is 0 Å². The third-order valence-electron chi connectivity index (χ3n) is 1.63. The molecule has 0 aliphatic carbocycles. The Morgan fingerprint density at radius 2 is 2.31 bits per heavy atom. The highest BCUT2D eigenvalue weighted by Gasteiger charge is 2.14. The van der Waals surface area contributed by atoms with Crippen LogP contribution in [0.25, 0.3) is 5.65 Å². The van der Waals surface area contributed by atoms with Crippen molar-refractivity contribution < 1.29 is 15.0 Å². The lowest BCUT2D eigenvalue weighted by Gasteiger charge is -1.99. The fourth-order valence-electron chi connectivity index (χ4n) is 1.02. The Kier molecular flexibility index (Phi) is 1.42. The molecular weight excluding hydrogens is 174 g/mol. The number of hydrogen-bond donors (Lipinski definition) is 2. The van der Waals surface area contributed by atoms with Gasteiger partial charge in [-0.05, 0) is 0 Å². The summed E-state index contributed by atoms with van der Waals surface area (Å²) in [6.45, 7) is 0. The van der Waals surface area contributed by atoms with E-state index in [0.717, 1.165) is 6.20 Å². The van der Waals surface area contributed by atoms with E-state index in [2.05, 4.69) is 10.1 Å². The molecule has 0 bridgehead atoms. The predicted molar refractivity (Wildman–Crippen MR) is 41.6 cm³/mol. The van der Waals surface area contributed by atoms with Gasteiger partial charge < -0.3 is 10.2 Å². The van der Waals surface area contributed by atoms with Gasteiger partial charge in [0.1, 0.15) is 5.56 Å². The van der Waals surface area contributed by atoms with E-state index >= 15 is 0 Å². The van der Waals surface area contributed by atoms with Gasteiger partial charge in [-0.3, -0.25) is 0 Å². The van der Waals surface area contributed by atoms with Crippen molar-refractivity contribution in [3.05, 3.63) is 24.2 Å². The lowest BCUT2D eigenvalue weighted by Crippen LogP contribution is -2.01. The Hall–Kier alpha value is -2.11. The molecule has 0 aliphatic heterocycles. The minimum Gasteiger partial charge on any atom is -0.504 e. The zero-order valence-corrected chi connectivity index (χ0v) is 6.38. The molecule has 0 saturated heterocycles. The second kappa shape index (κ2) is 2.44. The first kappa shape index (κ1) is 7.53. The van der Waals surface area contributed by atoms with Crippen LogP contribution in [0.4, 0.5) is 0 Å². The smallest absolute Gasteiger partial charge is 0.341 e. The second-order valence-electron chi connectivity index (χ2n) is 2.41. The van der Waals surface area contributed by atoms with E-state index in [1.54, 1.807) is 0 Å². The van der Waals surface area contributed by atoms with Gasteiger partial charge >= 0.3 is 5.97 Å². The van der Waals surface area contributed by atoms with Gasteiger partial charge in [0, 0.05) is 12.4 Å². The van der Waals surface area contributed by atoms with Crippen LogP contribution in [0.2, 0.25) is 0 Å². The van der Waals surface area contributed by atoms with E-state index in [4.69, 9.17) is 5.11 Å². The molecule has 0 aromatic carbocycles. The molecule has 0 amide bonds. The summed E-state index contributed by atoms with van der Waals surface area (Å²) in [6.07, 6.45) is 4.01. The molecule has 2 rings (SSSR count). The standard InChI is InChI=1S/C7H5N3O3/c11-5-4(7(12)13)3-9-10-2-1-8-6(5)10/h1-3,11H,(H,12,13). The quantitative estimate of drug-likeness (QED) is 0.649. The molecule has 66 valence electrons. The van der Waals surface area contributed by atoms with Gasteiger partial charge in [-0.1, -0.05) is 0 Å². The summed E-state index contributed by atoms with van der Waals surface area (Å²) in [7, 11) is 0. The maximum Gasteiger partial charge on any atom is 0.341 e. The van der Waals surface area contributed by atoms with Gasteiger partial charge in [0.05, 0.1) is 6.20 Å². The minimum atomic E-state index is -1.23. The molecule has 6 heteroatoms. The van der Waals surface area contributed by atoms with Crippen LogP contribution >= 0.6 is 0 Å². The van der Waals surface area contributed by atoms with Crippen molar-refractivity contribution in [2.24, 2.45) is 0 Å². The van der Waals surface area contributed by atoms with Crippen LogP contribution in [-0.4, -0.2) is 30.8 Å². The molecule has 2 N–H and O–H groups in total. The van der Waals surface area contributed by atoms with Crippen LogP contribution in [0.1, 0.15) is 10.4 Å². The molecule has 0 aliphatic rings. The number of fused-ring (bicyclic) bond motifs is 1. The Morgan fingerprint density at radius 1 is 1.54 bits per heavy atom. The average molecular weight is 179 g/mol. The van der Waals surface area contributed by atoms with Gasteiger partial charge in [0.15, 0.2) is 11.4 Å². The monoisotopic (exact) mass is 179 g/mol. The Bertz CT molecular complexity index is 477. The van der Waals surface area contributed by atoms with Crippen LogP contribution in [0, 0.1) is 0 Å². The van der Waals surface area contributed by atoms with Crippen molar-refractivity contribution in [3.8, 4) is 5.75 Å². The number of carboxylic acid groups (broad SMARTS) is 1. The number of hydrogen-bond acceptors (Lipinski definition) is 4. The number of aromatic hydroxyl groups is 1. The number of aromatic nitrogens is 3. The third kappa shape index (κ3) is 0.994. The van der Waals surface area contributed by atoms with Crippen molar-refractivity contribution in [1.29, 1.82) is 0 Å². The normalized spacial score (nSPS) is 10.5. The van der Waals surface area contributed by atoms with E-state index < -0.39 is 5.97 Å². The van der Waals surface area contributed by atoms with Gasteiger partial charge in [-0.25, -0.2) is 14.3 Å². The minimum absolute atomic E-state index is 0.139. The molecule has 0 fully saturated rings. The molecule has 6 nitrogen and oxygen atoms in total. The van der Waals surface area contributed by atoms with Crippen molar-refractivity contribution in [2.75, 3.05) is 0 Å². The largest absolute Gasteiger partial charge is 0.504 e. The van der Waals surface area contributed by atoms with E-state index in [0.29, 0.717) is 0 Å². The Balaban J connectivity index is 2.80. The fourth-order valence-corrected chi connectivity index (χ4v) is 1.02. The second-order valence-corrected chi connectivity index (χ2v) is 2.41. The predicted octanol–water partition coefficient (Wildman–Crippen LogP) is 0.133. The van der Waals surface area contributed by atoms with Gasteiger partial charge in [0.2, 0.25) is 0 Å². The number of carbonyl (C=O) groups is 1. The van der Waals surface area contributed by atoms with E-state index in [-0.39, 0.29) is 17.0 Å². The molecule has 0 spiro atoms. The maximum absolute atomic E-state index is 10.6. The Morgan fingerprint density at radius 3 is 3.00 bits per heavy atom. The number of carboxylic acids is 1. The maximum atomic E-state index is 10.6. The lowest BCUT2D eigenvalue weighted by molar-refractivity contribution is 0.0693. The first-order chi connectivity index (χ1) is 6.20. The third-order valence-corrected chi connectivity index (χ3v) is 1.63. The fraction of sp³-hybridized carbons (Fsp3) is 0. The van der Waals surface area contributed by atoms with Crippen molar-refractivity contribution in [2.45, 2.75) is 0 Å². The summed E-state index contributed by atoms with van der Waals surface area (Å²) in [5.41, 5.74) is -0.112. The molecular formula is C7H5N3O3. The molecule has 0 radical (unpaired) electrons. The zero-order chi connectivity index (χ0) is 9.42. The van der Waals surface area contributed by atoms with Crippen LogP contribution in [-0.2, 0) is 0 Å². The van der Waals surface area contributed by atoms with Gasteiger partial charge in [-0.15, -0.1) is 0 Å². The topological polar surface area (TPSA) is 87.7 Å². The summed E-state index contributed by atoms with van der Waals surface area (Å²) in [4.78, 5) is 14.3. The molecule has 0 unspecified atom stereocenters. The highest BCUT2D eigenvalue weighted by atomic mass is 16.4. The van der Waals surface area contributed by atoms with Crippen molar-refractivity contribution >= 4 is 11.6 Å². The molecule has 2 heterocycles. The Labute approximate surface area is 72.1 Å². The molecule has 2 aromatic rings. The average Bonchev–Trinajstić information content (AvgIpc) is 2.52. The van der Waals surface area contributed by atoms with Crippen molar-refractivity contribution in [3.63, 3.8) is 0 Å². The number of aromatic carboxylic acids is 1. The highest BCUT2D eigenvalue weighted by Crippen LogP contribution is 2.19. The van der Waals surface area contributed by atoms with Gasteiger partial charge in [-0.2, -0.15) is 5.10 Å². The van der Waals surface area contributed by atoms with Crippen molar-refractivity contribution in [1.82, 2.24) is 14.6 Å². The first-order valence-corrected chi connectivity index (χ1v) is 3.45. The number of nitrogens with zero attached hydrogens (tertiary/aromatic N) is 3. The van der Waals surface area contributed by atoms with E-state index in [1.807, 2.05) is 0 Å². The van der Waals surface area contributed by atoms with Crippen LogP contribution in [0.15, 0.2) is 18.6 Å². The SMILES string of the molecule is O=C(O)c1cnn2ccnc2c1O. The van der Waals surface area contributed by atoms with Crippen LogP contribution in [0.5, 0.6) is 5.75 Å². The summed E-state index contributed by atoms with van der Waals surface area (Å²) in [5, 5.41) is 21.8. The summed E-state index contributed by atoms with van der Waals surface area (Å²) < 4.78 is 1.29.